The van der Waals surface area contributed by atoms with Crippen molar-refractivity contribution in [2.24, 2.45) is 5.92 Å². The number of ether oxygens (including phenoxy) is 1. The van der Waals surface area contributed by atoms with E-state index in [0.29, 0.717) is 5.75 Å². The third kappa shape index (κ3) is 2.22. The van der Waals surface area contributed by atoms with E-state index in [4.69, 9.17) is 4.74 Å². The highest BCUT2D eigenvalue weighted by Crippen LogP contribution is 2.37. The van der Waals surface area contributed by atoms with Crippen LogP contribution in [0.5, 0.6) is 0 Å². The van der Waals surface area contributed by atoms with Crippen molar-refractivity contribution in [2.45, 2.75) is 44.0 Å². The molecule has 0 spiro atoms. The Morgan fingerprint density at radius 1 is 1.50 bits per heavy atom. The van der Waals surface area contributed by atoms with Gasteiger partial charge in [0, 0.05) is 10.5 Å². The highest BCUT2D eigenvalue weighted by Gasteiger charge is 2.43. The summed E-state index contributed by atoms with van der Waals surface area (Å²) in [6, 6.07) is 0. The van der Waals surface area contributed by atoms with Crippen molar-refractivity contribution in [1.29, 1.82) is 0 Å². The predicted octanol–water partition coefficient (Wildman–Crippen LogP) is 2.34. The summed E-state index contributed by atoms with van der Waals surface area (Å²) < 4.78 is 5.19. The molecule has 1 aliphatic heterocycles. The van der Waals surface area contributed by atoms with Crippen LogP contribution in [0, 0.1) is 5.92 Å². The lowest BCUT2D eigenvalue weighted by molar-refractivity contribution is -0.144. The first-order chi connectivity index (χ1) is 6.57. The third-order valence-electron chi connectivity index (χ3n) is 3.13. The lowest BCUT2D eigenvalue weighted by Crippen LogP contribution is -2.35. The number of carbonyl (C=O) groups is 1. The molecule has 0 radical (unpaired) electrons. The zero-order valence-corrected chi connectivity index (χ0v) is 10.5. The highest BCUT2D eigenvalue weighted by atomic mass is 32.1. The summed E-state index contributed by atoms with van der Waals surface area (Å²) in [5.74, 6) is 0.436. The first-order valence-corrected chi connectivity index (χ1v) is 6.19. The van der Waals surface area contributed by atoms with Gasteiger partial charge in [-0.3, -0.25) is 4.79 Å². The molecule has 1 saturated heterocycles. The molecule has 0 aromatic heterocycles. The van der Waals surface area contributed by atoms with E-state index in [-0.39, 0.29) is 22.7 Å². The van der Waals surface area contributed by atoms with Crippen molar-refractivity contribution in [2.75, 3.05) is 5.75 Å². The van der Waals surface area contributed by atoms with E-state index in [1.54, 1.807) is 0 Å². The van der Waals surface area contributed by atoms with Crippen LogP contribution in [0.2, 0.25) is 0 Å². The summed E-state index contributed by atoms with van der Waals surface area (Å²) in [7, 11) is 0. The molecule has 0 aliphatic carbocycles. The van der Waals surface area contributed by atoms with Crippen LogP contribution in [0.25, 0.3) is 0 Å². The molecule has 1 aliphatic rings. The molecular weight excluding hydrogens is 216 g/mol. The highest BCUT2D eigenvalue weighted by molar-refractivity contribution is 7.81. The van der Waals surface area contributed by atoms with Crippen molar-refractivity contribution < 1.29 is 9.53 Å². The first-order valence-electron chi connectivity index (χ1n) is 5.11. The van der Waals surface area contributed by atoms with E-state index in [1.165, 1.54) is 0 Å². The maximum atomic E-state index is 11.4. The van der Waals surface area contributed by atoms with Gasteiger partial charge in [0.1, 0.15) is 6.10 Å². The lowest BCUT2D eigenvalue weighted by atomic mass is 9.91. The molecule has 1 heterocycles. The Hall–Kier alpha value is 0.170. The summed E-state index contributed by atoms with van der Waals surface area (Å²) in [5.41, 5.74) is 0. The SMILES string of the molecule is CCC(S)(CC)C1CC(CS)C(=O)O1. The summed E-state index contributed by atoms with van der Waals surface area (Å²) in [6.45, 7) is 4.16. The second-order valence-electron chi connectivity index (χ2n) is 3.85. The van der Waals surface area contributed by atoms with Crippen LogP contribution in [0.15, 0.2) is 0 Å². The van der Waals surface area contributed by atoms with Crippen LogP contribution in [-0.2, 0) is 9.53 Å². The molecule has 2 atom stereocenters. The normalized spacial score (nSPS) is 27.9. The number of cyclic esters (lactones) is 1. The van der Waals surface area contributed by atoms with Gasteiger partial charge in [-0.2, -0.15) is 25.3 Å². The molecule has 2 nitrogen and oxygen atoms in total. The smallest absolute Gasteiger partial charge is 0.310 e. The largest absolute Gasteiger partial charge is 0.461 e. The van der Waals surface area contributed by atoms with Crippen LogP contribution in [0.3, 0.4) is 0 Å². The Kier molecular flexibility index (Phi) is 4.19. The van der Waals surface area contributed by atoms with Crippen molar-refractivity contribution in [1.82, 2.24) is 0 Å². The van der Waals surface area contributed by atoms with Crippen LogP contribution in [0.4, 0.5) is 0 Å². The molecular formula is C10H18O2S2. The minimum atomic E-state index is -0.159. The van der Waals surface area contributed by atoms with Gasteiger partial charge in [-0.25, -0.2) is 0 Å². The molecule has 0 saturated carbocycles. The quantitative estimate of drug-likeness (QED) is 0.577. The fraction of sp³-hybridized carbons (Fsp3) is 0.900. The van der Waals surface area contributed by atoms with Crippen LogP contribution in [0.1, 0.15) is 33.1 Å². The van der Waals surface area contributed by atoms with Gasteiger partial charge < -0.3 is 4.74 Å². The van der Waals surface area contributed by atoms with Gasteiger partial charge in [-0.05, 0) is 19.3 Å². The molecule has 4 heteroatoms. The minimum absolute atomic E-state index is 0.0343. The second-order valence-corrected chi connectivity index (χ2v) is 5.11. The van der Waals surface area contributed by atoms with Gasteiger partial charge in [-0.15, -0.1) is 0 Å². The standard InChI is InChI=1S/C10H18O2S2/c1-3-10(14,4-2)8-5-7(6-13)9(11)12-8/h7-8,13-14H,3-6H2,1-2H3. The average molecular weight is 234 g/mol. The Bertz CT molecular complexity index is 214. The zero-order valence-electron chi connectivity index (χ0n) is 8.69. The molecule has 14 heavy (non-hydrogen) atoms. The van der Waals surface area contributed by atoms with Crippen LogP contribution in [-0.4, -0.2) is 22.6 Å². The predicted molar refractivity (Wildman–Crippen MR) is 64.1 cm³/mol. The molecule has 2 unspecified atom stereocenters. The van der Waals surface area contributed by atoms with E-state index < -0.39 is 0 Å². The summed E-state index contributed by atoms with van der Waals surface area (Å²) in [6.07, 6.45) is 2.58. The van der Waals surface area contributed by atoms with Gasteiger partial charge in [0.25, 0.3) is 0 Å². The molecule has 0 amide bonds. The molecule has 82 valence electrons. The second kappa shape index (κ2) is 4.79. The fourth-order valence-corrected chi connectivity index (χ4v) is 2.28. The molecule has 0 N–H and O–H groups in total. The summed E-state index contributed by atoms with van der Waals surface area (Å²) in [5, 5.41) is 0. The Morgan fingerprint density at radius 2 is 2.07 bits per heavy atom. The Morgan fingerprint density at radius 3 is 2.43 bits per heavy atom. The average Bonchev–Trinajstić information content (AvgIpc) is 2.59. The maximum Gasteiger partial charge on any atom is 0.310 e. The molecule has 0 aromatic carbocycles. The maximum absolute atomic E-state index is 11.4. The number of hydrogen-bond acceptors (Lipinski definition) is 4. The van der Waals surface area contributed by atoms with E-state index in [1.807, 2.05) is 0 Å². The number of thiol groups is 2. The molecule has 1 fully saturated rings. The van der Waals surface area contributed by atoms with Crippen molar-refractivity contribution in [3.63, 3.8) is 0 Å². The van der Waals surface area contributed by atoms with Crippen molar-refractivity contribution >= 4 is 31.2 Å². The minimum Gasteiger partial charge on any atom is -0.461 e. The lowest BCUT2D eigenvalue weighted by Gasteiger charge is -2.30. The molecule has 1 rings (SSSR count). The summed E-state index contributed by atoms with van der Waals surface area (Å²) in [4.78, 5) is 11.4. The van der Waals surface area contributed by atoms with E-state index in [2.05, 4.69) is 39.1 Å². The number of carbonyl (C=O) groups excluding carboxylic acids is 1. The Labute approximate surface area is 96.6 Å². The Balaban J connectivity index is 2.68. The number of esters is 1. The van der Waals surface area contributed by atoms with Crippen molar-refractivity contribution in [3.05, 3.63) is 0 Å². The molecule has 0 bridgehead atoms. The topological polar surface area (TPSA) is 26.3 Å². The molecule has 0 aromatic rings. The third-order valence-corrected chi connectivity index (χ3v) is 4.50. The van der Waals surface area contributed by atoms with E-state index >= 15 is 0 Å². The van der Waals surface area contributed by atoms with E-state index in [0.717, 1.165) is 19.3 Å². The van der Waals surface area contributed by atoms with Gasteiger partial charge in [0.2, 0.25) is 0 Å². The number of rotatable bonds is 4. The van der Waals surface area contributed by atoms with Gasteiger partial charge in [-0.1, -0.05) is 13.8 Å². The van der Waals surface area contributed by atoms with Gasteiger partial charge >= 0.3 is 5.97 Å². The monoisotopic (exact) mass is 234 g/mol. The van der Waals surface area contributed by atoms with Gasteiger partial charge in [0.05, 0.1) is 5.92 Å². The number of hydrogen-bond donors (Lipinski definition) is 2. The first kappa shape index (κ1) is 12.2. The van der Waals surface area contributed by atoms with Gasteiger partial charge in [0.15, 0.2) is 0 Å². The van der Waals surface area contributed by atoms with Crippen LogP contribution < -0.4 is 0 Å². The van der Waals surface area contributed by atoms with Crippen molar-refractivity contribution in [3.8, 4) is 0 Å². The fourth-order valence-electron chi connectivity index (χ4n) is 1.82. The van der Waals surface area contributed by atoms with Crippen LogP contribution >= 0.6 is 25.3 Å². The van der Waals surface area contributed by atoms with E-state index in [9.17, 15) is 4.79 Å². The zero-order chi connectivity index (χ0) is 10.8. The summed E-state index contributed by atoms with van der Waals surface area (Å²) >= 11 is 8.78.